The molecular formula is C14H13ClN4O4S. The van der Waals surface area contributed by atoms with Crippen molar-refractivity contribution >= 4 is 33.6 Å². The molecule has 0 bridgehead atoms. The number of nitrogens with one attached hydrogen (secondary N) is 2. The maximum Gasteiger partial charge on any atom is 0.335 e. The van der Waals surface area contributed by atoms with Crippen molar-refractivity contribution in [2.75, 3.05) is 11.9 Å². The molecule has 10 heteroatoms. The summed E-state index contributed by atoms with van der Waals surface area (Å²) in [5.41, 5.74) is 1.55. The highest BCUT2D eigenvalue weighted by Crippen LogP contribution is 2.26. The lowest BCUT2D eigenvalue weighted by Gasteiger charge is -2.10. The average molecular weight is 369 g/mol. The molecule has 2 heterocycles. The first kappa shape index (κ1) is 16.5. The molecule has 24 heavy (non-hydrogen) atoms. The van der Waals surface area contributed by atoms with Gasteiger partial charge in [0, 0.05) is 12.0 Å². The summed E-state index contributed by atoms with van der Waals surface area (Å²) in [5, 5.41) is 2.29. The van der Waals surface area contributed by atoms with Crippen LogP contribution < -0.4 is 14.8 Å². The van der Waals surface area contributed by atoms with E-state index in [1.54, 1.807) is 13.0 Å². The summed E-state index contributed by atoms with van der Waals surface area (Å²) in [7, 11) is -4.11. The molecule has 0 atom stereocenters. The van der Waals surface area contributed by atoms with E-state index < -0.39 is 16.1 Å². The van der Waals surface area contributed by atoms with Crippen LogP contribution >= 0.6 is 11.6 Å². The number of aryl methyl sites for hydroxylation is 1. The van der Waals surface area contributed by atoms with Crippen LogP contribution in [0.4, 0.5) is 10.7 Å². The van der Waals surface area contributed by atoms with Gasteiger partial charge in [-0.1, -0.05) is 23.7 Å². The van der Waals surface area contributed by atoms with E-state index in [0.29, 0.717) is 24.6 Å². The molecule has 0 aliphatic carbocycles. The van der Waals surface area contributed by atoms with Crippen LogP contribution in [0.15, 0.2) is 29.2 Å². The summed E-state index contributed by atoms with van der Waals surface area (Å²) in [6.45, 7) is 2.26. The van der Waals surface area contributed by atoms with E-state index >= 15 is 0 Å². The first-order chi connectivity index (χ1) is 11.4. The van der Waals surface area contributed by atoms with Gasteiger partial charge in [-0.2, -0.15) is 4.98 Å². The normalized spacial score (nSPS) is 13.1. The van der Waals surface area contributed by atoms with Crippen LogP contribution in [0.1, 0.15) is 11.3 Å². The Morgan fingerprint density at radius 2 is 2.04 bits per heavy atom. The summed E-state index contributed by atoms with van der Waals surface area (Å²) in [6.07, 6.45) is 0.703. The summed E-state index contributed by atoms with van der Waals surface area (Å²) in [4.78, 5) is 19.9. The van der Waals surface area contributed by atoms with Gasteiger partial charge in [0.25, 0.3) is 10.0 Å². The fourth-order valence-corrected chi connectivity index (χ4v) is 3.68. The SMILES string of the molecule is Cc1nc(NC(=O)NS(=O)(=O)c2ccccc2Cl)nc2c1CCO2. The molecule has 1 aliphatic heterocycles. The Kier molecular flexibility index (Phi) is 4.29. The number of hydrogen-bond acceptors (Lipinski definition) is 6. The number of nitrogens with zero attached hydrogens (tertiary/aromatic N) is 2. The van der Waals surface area contributed by atoms with Gasteiger partial charge in [-0.25, -0.2) is 22.9 Å². The zero-order valence-electron chi connectivity index (χ0n) is 12.5. The number of sulfonamides is 1. The number of benzene rings is 1. The van der Waals surface area contributed by atoms with E-state index in [0.717, 1.165) is 5.56 Å². The lowest BCUT2D eigenvalue weighted by Crippen LogP contribution is -2.35. The molecule has 3 rings (SSSR count). The van der Waals surface area contributed by atoms with Crippen LogP contribution in [0, 0.1) is 6.92 Å². The molecular weight excluding hydrogens is 356 g/mol. The van der Waals surface area contributed by atoms with Crippen molar-refractivity contribution in [1.82, 2.24) is 14.7 Å². The largest absolute Gasteiger partial charge is 0.477 e. The van der Waals surface area contributed by atoms with Crippen molar-refractivity contribution in [2.45, 2.75) is 18.2 Å². The second kappa shape index (κ2) is 6.25. The van der Waals surface area contributed by atoms with Crippen molar-refractivity contribution < 1.29 is 17.9 Å². The third-order valence-electron chi connectivity index (χ3n) is 3.35. The minimum atomic E-state index is -4.11. The monoisotopic (exact) mass is 368 g/mol. The average Bonchev–Trinajstić information content (AvgIpc) is 2.95. The zero-order valence-corrected chi connectivity index (χ0v) is 14.1. The summed E-state index contributed by atoms with van der Waals surface area (Å²) in [6, 6.07) is 4.80. The van der Waals surface area contributed by atoms with E-state index in [-0.39, 0.29) is 15.9 Å². The van der Waals surface area contributed by atoms with Gasteiger partial charge in [0.1, 0.15) is 4.90 Å². The second-order valence-corrected chi connectivity index (χ2v) is 7.06. The number of anilines is 1. The fourth-order valence-electron chi connectivity index (χ4n) is 2.25. The van der Waals surface area contributed by atoms with Crippen LogP contribution in [0.3, 0.4) is 0 Å². The van der Waals surface area contributed by atoms with Crippen molar-refractivity contribution in [3.63, 3.8) is 0 Å². The highest BCUT2D eigenvalue weighted by Gasteiger charge is 2.23. The zero-order chi connectivity index (χ0) is 17.3. The van der Waals surface area contributed by atoms with Crippen LogP contribution in [0.25, 0.3) is 0 Å². The standard InChI is InChI=1S/C14H13ClN4O4S/c1-8-9-6-7-23-12(9)17-13(16-8)18-14(20)19-24(21,22)11-5-3-2-4-10(11)15/h2-5H,6-7H2,1H3,(H2,16,17,18,19,20). The molecule has 0 radical (unpaired) electrons. The topological polar surface area (TPSA) is 110 Å². The number of ether oxygens (including phenoxy) is 1. The van der Waals surface area contributed by atoms with Crippen LogP contribution in [0.5, 0.6) is 5.88 Å². The predicted octanol–water partition coefficient (Wildman–Crippen LogP) is 1.88. The third-order valence-corrected chi connectivity index (χ3v) is 5.18. The van der Waals surface area contributed by atoms with Gasteiger partial charge in [-0.15, -0.1) is 0 Å². The Balaban J connectivity index is 1.77. The molecule has 2 amide bonds. The Morgan fingerprint density at radius 3 is 2.79 bits per heavy atom. The van der Waals surface area contributed by atoms with Crippen LogP contribution in [-0.2, 0) is 16.4 Å². The third kappa shape index (κ3) is 3.26. The Morgan fingerprint density at radius 1 is 1.29 bits per heavy atom. The van der Waals surface area contributed by atoms with Gasteiger partial charge >= 0.3 is 6.03 Å². The predicted molar refractivity (Wildman–Crippen MR) is 86.8 cm³/mol. The molecule has 0 fully saturated rings. The number of aromatic nitrogens is 2. The number of halogens is 1. The Hall–Kier alpha value is -2.39. The summed E-state index contributed by atoms with van der Waals surface area (Å²) in [5.74, 6) is 0.353. The first-order valence-electron chi connectivity index (χ1n) is 6.95. The molecule has 0 saturated heterocycles. The number of carbonyl (C=O) groups excluding carboxylic acids is 1. The molecule has 2 aromatic rings. The van der Waals surface area contributed by atoms with E-state index in [2.05, 4.69) is 15.3 Å². The Bertz CT molecular complexity index is 917. The molecule has 0 spiro atoms. The summed E-state index contributed by atoms with van der Waals surface area (Å²) < 4.78 is 31.6. The molecule has 2 N–H and O–H groups in total. The lowest BCUT2D eigenvalue weighted by atomic mass is 10.2. The van der Waals surface area contributed by atoms with Crippen LogP contribution in [0.2, 0.25) is 5.02 Å². The number of hydrogen-bond donors (Lipinski definition) is 2. The molecule has 126 valence electrons. The van der Waals surface area contributed by atoms with Crippen molar-refractivity contribution in [1.29, 1.82) is 0 Å². The number of urea groups is 1. The van der Waals surface area contributed by atoms with Gasteiger partial charge in [0.15, 0.2) is 0 Å². The van der Waals surface area contributed by atoms with Gasteiger partial charge < -0.3 is 4.74 Å². The van der Waals surface area contributed by atoms with Crippen molar-refractivity contribution in [3.8, 4) is 5.88 Å². The fraction of sp³-hybridized carbons (Fsp3) is 0.214. The molecule has 0 unspecified atom stereocenters. The molecule has 8 nitrogen and oxygen atoms in total. The van der Waals surface area contributed by atoms with Gasteiger partial charge in [-0.3, -0.25) is 5.32 Å². The van der Waals surface area contributed by atoms with E-state index in [1.807, 2.05) is 4.72 Å². The number of fused-ring (bicyclic) bond motifs is 1. The maximum absolute atomic E-state index is 12.2. The lowest BCUT2D eigenvalue weighted by molar-refractivity contribution is 0.256. The second-order valence-electron chi connectivity index (χ2n) is 5.00. The van der Waals surface area contributed by atoms with Crippen LogP contribution in [-0.4, -0.2) is 31.0 Å². The van der Waals surface area contributed by atoms with Gasteiger partial charge in [0.05, 0.1) is 17.3 Å². The minimum absolute atomic E-state index is 0.0100. The molecule has 1 aliphatic rings. The van der Waals surface area contributed by atoms with Crippen molar-refractivity contribution in [2.24, 2.45) is 0 Å². The maximum atomic E-state index is 12.2. The van der Waals surface area contributed by atoms with Gasteiger partial charge in [0.2, 0.25) is 11.8 Å². The van der Waals surface area contributed by atoms with E-state index in [1.165, 1.54) is 18.2 Å². The summed E-state index contributed by atoms with van der Waals surface area (Å²) >= 11 is 5.85. The number of carbonyl (C=O) groups is 1. The Labute approximate surface area is 143 Å². The smallest absolute Gasteiger partial charge is 0.335 e. The van der Waals surface area contributed by atoms with Crippen molar-refractivity contribution in [3.05, 3.63) is 40.5 Å². The molecule has 1 aromatic carbocycles. The number of rotatable bonds is 3. The van der Waals surface area contributed by atoms with E-state index in [9.17, 15) is 13.2 Å². The minimum Gasteiger partial charge on any atom is -0.477 e. The highest BCUT2D eigenvalue weighted by atomic mass is 35.5. The molecule has 0 saturated carbocycles. The van der Waals surface area contributed by atoms with E-state index in [4.69, 9.17) is 16.3 Å². The quantitative estimate of drug-likeness (QED) is 0.855. The van der Waals surface area contributed by atoms with Gasteiger partial charge in [-0.05, 0) is 19.1 Å². The first-order valence-corrected chi connectivity index (χ1v) is 8.81. The number of amides is 2. The highest BCUT2D eigenvalue weighted by molar-refractivity contribution is 7.90. The molecule has 1 aromatic heterocycles.